The number of benzene rings is 2. The number of amides is 1. The van der Waals surface area contributed by atoms with Crippen LogP contribution in [0.2, 0.25) is 0 Å². The SMILES string of the molecule is CCc1ccc(Oc2ccc([N+](=O)[O-])c(CNC(=O)O)c2)cc1. The Kier molecular flexibility index (Phi) is 5.14. The van der Waals surface area contributed by atoms with Crippen molar-refractivity contribution in [1.82, 2.24) is 5.32 Å². The molecule has 0 fully saturated rings. The molecule has 0 heterocycles. The van der Waals surface area contributed by atoms with Crippen molar-refractivity contribution in [2.45, 2.75) is 19.9 Å². The van der Waals surface area contributed by atoms with Crippen LogP contribution in [-0.4, -0.2) is 16.1 Å². The van der Waals surface area contributed by atoms with E-state index in [9.17, 15) is 14.9 Å². The van der Waals surface area contributed by atoms with Crippen molar-refractivity contribution in [3.8, 4) is 11.5 Å². The van der Waals surface area contributed by atoms with E-state index in [4.69, 9.17) is 9.84 Å². The molecule has 1 amide bonds. The number of nitrogens with zero attached hydrogens (tertiary/aromatic N) is 1. The Hall–Kier alpha value is -3.09. The summed E-state index contributed by atoms with van der Waals surface area (Å²) in [5.41, 5.74) is 1.25. The van der Waals surface area contributed by atoms with Crippen LogP contribution in [0.5, 0.6) is 11.5 Å². The van der Waals surface area contributed by atoms with Gasteiger partial charge in [0.05, 0.1) is 17.0 Å². The monoisotopic (exact) mass is 316 g/mol. The molecule has 0 atom stereocenters. The Morgan fingerprint density at radius 3 is 2.43 bits per heavy atom. The Morgan fingerprint density at radius 1 is 1.22 bits per heavy atom. The molecule has 23 heavy (non-hydrogen) atoms. The lowest BCUT2D eigenvalue weighted by Crippen LogP contribution is -2.20. The third-order valence-corrected chi connectivity index (χ3v) is 3.25. The van der Waals surface area contributed by atoms with Gasteiger partial charge in [0.25, 0.3) is 5.69 Å². The number of carbonyl (C=O) groups is 1. The molecule has 2 N–H and O–H groups in total. The van der Waals surface area contributed by atoms with Gasteiger partial charge in [0.1, 0.15) is 11.5 Å². The van der Waals surface area contributed by atoms with Gasteiger partial charge in [-0.3, -0.25) is 10.1 Å². The smallest absolute Gasteiger partial charge is 0.404 e. The average Bonchev–Trinajstić information content (AvgIpc) is 2.53. The Morgan fingerprint density at radius 2 is 1.87 bits per heavy atom. The zero-order chi connectivity index (χ0) is 16.8. The maximum Gasteiger partial charge on any atom is 0.404 e. The molecule has 2 aromatic carbocycles. The van der Waals surface area contributed by atoms with Gasteiger partial charge in [-0.15, -0.1) is 0 Å². The number of hydrogen-bond donors (Lipinski definition) is 2. The first-order chi connectivity index (χ1) is 11.0. The van der Waals surface area contributed by atoms with E-state index in [1.54, 1.807) is 0 Å². The molecular weight excluding hydrogens is 300 g/mol. The minimum Gasteiger partial charge on any atom is -0.465 e. The minimum atomic E-state index is -1.25. The molecule has 0 unspecified atom stereocenters. The van der Waals surface area contributed by atoms with Crippen molar-refractivity contribution in [1.29, 1.82) is 0 Å². The molecule has 0 aromatic heterocycles. The lowest BCUT2D eigenvalue weighted by molar-refractivity contribution is -0.385. The van der Waals surface area contributed by atoms with E-state index in [2.05, 4.69) is 5.32 Å². The maximum atomic E-state index is 11.0. The third-order valence-electron chi connectivity index (χ3n) is 3.25. The lowest BCUT2D eigenvalue weighted by Gasteiger charge is -2.09. The fourth-order valence-corrected chi connectivity index (χ4v) is 2.05. The van der Waals surface area contributed by atoms with E-state index in [0.29, 0.717) is 11.5 Å². The Labute approximate surface area is 132 Å². The Balaban J connectivity index is 2.22. The van der Waals surface area contributed by atoms with Gasteiger partial charge in [-0.1, -0.05) is 19.1 Å². The van der Waals surface area contributed by atoms with E-state index in [0.717, 1.165) is 6.42 Å². The summed E-state index contributed by atoms with van der Waals surface area (Å²) in [6.45, 7) is 1.88. The zero-order valence-electron chi connectivity index (χ0n) is 12.5. The first-order valence-electron chi connectivity index (χ1n) is 7.00. The van der Waals surface area contributed by atoms with Gasteiger partial charge in [0, 0.05) is 6.07 Å². The molecule has 0 aliphatic rings. The molecule has 0 spiro atoms. The summed E-state index contributed by atoms with van der Waals surface area (Å²) in [5.74, 6) is 1.01. The molecule has 0 bridgehead atoms. The predicted molar refractivity (Wildman–Crippen MR) is 83.9 cm³/mol. The number of ether oxygens (including phenoxy) is 1. The van der Waals surface area contributed by atoms with Crippen LogP contribution in [0.4, 0.5) is 10.5 Å². The highest BCUT2D eigenvalue weighted by molar-refractivity contribution is 5.64. The van der Waals surface area contributed by atoms with Crippen LogP contribution in [0, 0.1) is 10.1 Å². The van der Waals surface area contributed by atoms with Crippen LogP contribution in [0.3, 0.4) is 0 Å². The van der Waals surface area contributed by atoms with Crippen molar-refractivity contribution in [3.05, 3.63) is 63.7 Å². The van der Waals surface area contributed by atoms with Gasteiger partial charge < -0.3 is 15.2 Å². The van der Waals surface area contributed by atoms with Crippen LogP contribution >= 0.6 is 0 Å². The number of carboxylic acid groups (broad SMARTS) is 1. The zero-order valence-corrected chi connectivity index (χ0v) is 12.5. The standard InChI is InChI=1S/C16H16N2O5/c1-2-11-3-5-13(6-4-11)23-14-7-8-15(18(21)22)12(9-14)10-17-16(19)20/h3-9,17H,2,10H2,1H3,(H,19,20). The van der Waals surface area contributed by atoms with Gasteiger partial charge in [0.2, 0.25) is 0 Å². The van der Waals surface area contributed by atoms with Crippen LogP contribution in [-0.2, 0) is 13.0 Å². The van der Waals surface area contributed by atoms with Crippen LogP contribution in [0.25, 0.3) is 0 Å². The summed E-state index contributed by atoms with van der Waals surface area (Å²) in [4.78, 5) is 21.0. The lowest BCUT2D eigenvalue weighted by atomic mass is 10.1. The molecule has 120 valence electrons. The van der Waals surface area contributed by atoms with E-state index < -0.39 is 11.0 Å². The number of hydrogen-bond acceptors (Lipinski definition) is 4. The van der Waals surface area contributed by atoms with E-state index in [-0.39, 0.29) is 17.8 Å². The molecule has 7 heteroatoms. The van der Waals surface area contributed by atoms with E-state index >= 15 is 0 Å². The van der Waals surface area contributed by atoms with Crippen molar-refractivity contribution in [2.24, 2.45) is 0 Å². The van der Waals surface area contributed by atoms with Crippen molar-refractivity contribution in [3.63, 3.8) is 0 Å². The molecule has 7 nitrogen and oxygen atoms in total. The molecule has 0 aliphatic heterocycles. The van der Waals surface area contributed by atoms with Gasteiger partial charge in [-0.25, -0.2) is 4.79 Å². The molecule has 2 rings (SSSR count). The first kappa shape index (κ1) is 16.3. The summed E-state index contributed by atoms with van der Waals surface area (Å²) in [7, 11) is 0. The molecule has 0 saturated carbocycles. The highest BCUT2D eigenvalue weighted by Crippen LogP contribution is 2.28. The third kappa shape index (κ3) is 4.44. The largest absolute Gasteiger partial charge is 0.465 e. The number of nitrogens with one attached hydrogen (secondary N) is 1. The van der Waals surface area contributed by atoms with Crippen molar-refractivity contribution in [2.75, 3.05) is 0 Å². The molecule has 2 aromatic rings. The van der Waals surface area contributed by atoms with Gasteiger partial charge >= 0.3 is 6.09 Å². The topological polar surface area (TPSA) is 102 Å². The maximum absolute atomic E-state index is 11.0. The minimum absolute atomic E-state index is 0.160. The fourth-order valence-electron chi connectivity index (χ4n) is 2.05. The molecule has 0 radical (unpaired) electrons. The number of nitro groups is 1. The summed E-state index contributed by atoms with van der Waals surface area (Å²) in [6.07, 6.45) is -0.330. The molecular formula is C16H16N2O5. The normalized spacial score (nSPS) is 10.1. The van der Waals surface area contributed by atoms with Gasteiger partial charge in [-0.05, 0) is 36.2 Å². The van der Waals surface area contributed by atoms with Gasteiger partial charge in [-0.2, -0.15) is 0 Å². The predicted octanol–water partition coefficient (Wildman–Crippen LogP) is 3.72. The van der Waals surface area contributed by atoms with Crippen LogP contribution in [0.15, 0.2) is 42.5 Å². The van der Waals surface area contributed by atoms with Crippen LogP contribution < -0.4 is 10.1 Å². The van der Waals surface area contributed by atoms with Crippen LogP contribution in [0.1, 0.15) is 18.1 Å². The summed E-state index contributed by atoms with van der Waals surface area (Å²) in [5, 5.41) is 21.8. The van der Waals surface area contributed by atoms with Gasteiger partial charge in [0.15, 0.2) is 0 Å². The second-order valence-corrected chi connectivity index (χ2v) is 4.81. The second-order valence-electron chi connectivity index (χ2n) is 4.81. The second kappa shape index (κ2) is 7.26. The summed E-state index contributed by atoms with van der Waals surface area (Å²) in [6, 6.07) is 11.7. The average molecular weight is 316 g/mol. The molecule has 0 aliphatic carbocycles. The highest BCUT2D eigenvalue weighted by atomic mass is 16.6. The fraction of sp³-hybridized carbons (Fsp3) is 0.188. The summed E-state index contributed by atoms with van der Waals surface area (Å²) < 4.78 is 5.66. The number of aryl methyl sites for hydroxylation is 1. The first-order valence-corrected chi connectivity index (χ1v) is 7.00. The number of nitro benzene ring substituents is 1. The molecule has 0 saturated heterocycles. The van der Waals surface area contributed by atoms with E-state index in [1.165, 1.54) is 23.8 Å². The van der Waals surface area contributed by atoms with E-state index in [1.807, 2.05) is 31.2 Å². The quantitative estimate of drug-likeness (QED) is 0.624. The van der Waals surface area contributed by atoms with Crippen molar-refractivity contribution >= 4 is 11.8 Å². The Bertz CT molecular complexity index is 713. The number of rotatable bonds is 6. The highest BCUT2D eigenvalue weighted by Gasteiger charge is 2.15. The summed E-state index contributed by atoms with van der Waals surface area (Å²) >= 11 is 0. The van der Waals surface area contributed by atoms with Crippen molar-refractivity contribution < 1.29 is 19.6 Å².